The summed E-state index contributed by atoms with van der Waals surface area (Å²) in [5, 5.41) is 2.60. The molecule has 7 nitrogen and oxygen atoms in total. The van der Waals surface area contributed by atoms with Crippen LogP contribution in [-0.4, -0.2) is 31.1 Å². The third kappa shape index (κ3) is 3.54. The molecule has 0 unspecified atom stereocenters. The normalized spacial score (nSPS) is 11.9. The molecular weight excluding hydrogens is 334 g/mol. The van der Waals surface area contributed by atoms with Gasteiger partial charge in [0.25, 0.3) is 5.91 Å². The highest BCUT2D eigenvalue weighted by atomic mass is 32.1. The molecule has 124 valence electrons. The van der Waals surface area contributed by atoms with Crippen LogP contribution in [0.3, 0.4) is 0 Å². The highest BCUT2D eigenvalue weighted by molar-refractivity contribution is 7.15. The summed E-state index contributed by atoms with van der Waals surface area (Å²) in [4.78, 5) is 35.6. The molecule has 2 aromatic rings. The fourth-order valence-electron chi connectivity index (χ4n) is 2.01. The summed E-state index contributed by atoms with van der Waals surface area (Å²) in [5.74, 6) is -0.1000. The summed E-state index contributed by atoms with van der Waals surface area (Å²) in [6, 6.07) is 8.01. The van der Waals surface area contributed by atoms with Gasteiger partial charge in [-0.15, -0.1) is 11.3 Å². The molecule has 0 radical (unpaired) electrons. The van der Waals surface area contributed by atoms with E-state index in [0.717, 1.165) is 11.3 Å². The van der Waals surface area contributed by atoms with Crippen molar-refractivity contribution in [2.45, 2.75) is 6.92 Å². The zero-order valence-electron chi connectivity index (χ0n) is 12.7. The van der Waals surface area contributed by atoms with E-state index in [1.807, 2.05) is 0 Å². The number of benzene rings is 1. The number of carbonyl (C=O) groups is 3. The molecule has 0 saturated heterocycles. The predicted molar refractivity (Wildman–Crippen MR) is 85.8 cm³/mol. The lowest BCUT2D eigenvalue weighted by molar-refractivity contribution is -0.119. The van der Waals surface area contributed by atoms with Crippen LogP contribution < -0.4 is 14.8 Å². The lowest BCUT2D eigenvalue weighted by Crippen LogP contribution is -2.20. The number of ketones is 1. The van der Waals surface area contributed by atoms with Gasteiger partial charge < -0.3 is 19.5 Å². The molecule has 1 N–H and O–H groups in total. The fourth-order valence-corrected chi connectivity index (χ4v) is 2.81. The number of carbonyl (C=O) groups excluding carboxylic acids is 3. The minimum absolute atomic E-state index is 0.125. The average molecular weight is 347 g/mol. The number of Topliss-reactive ketones (excluding diaryl/α,β-unsaturated/α-hetero) is 1. The van der Waals surface area contributed by atoms with Crippen molar-refractivity contribution in [2.24, 2.45) is 0 Å². The Hall–Kier alpha value is -2.87. The second kappa shape index (κ2) is 6.71. The Balaban J connectivity index is 1.53. The average Bonchev–Trinajstić information content (AvgIpc) is 3.21. The van der Waals surface area contributed by atoms with Gasteiger partial charge in [-0.1, -0.05) is 0 Å². The molecule has 1 amide bonds. The lowest BCUT2D eigenvalue weighted by atomic mass is 10.3. The second-order valence-corrected chi connectivity index (χ2v) is 6.00. The number of amides is 1. The minimum Gasteiger partial charge on any atom is -0.454 e. The maximum absolute atomic E-state index is 11.9. The van der Waals surface area contributed by atoms with E-state index in [2.05, 4.69) is 5.32 Å². The Labute approximate surface area is 141 Å². The Morgan fingerprint density at radius 3 is 2.62 bits per heavy atom. The molecule has 0 bridgehead atoms. The molecule has 1 aromatic heterocycles. The van der Waals surface area contributed by atoms with Crippen molar-refractivity contribution in [1.82, 2.24) is 0 Å². The zero-order valence-corrected chi connectivity index (χ0v) is 13.5. The van der Waals surface area contributed by atoms with Gasteiger partial charge in [0.15, 0.2) is 23.9 Å². The van der Waals surface area contributed by atoms with E-state index in [9.17, 15) is 14.4 Å². The number of fused-ring (bicyclic) bond motifs is 1. The molecule has 1 aromatic carbocycles. The largest absolute Gasteiger partial charge is 0.454 e. The Morgan fingerprint density at radius 2 is 1.88 bits per heavy atom. The van der Waals surface area contributed by atoms with Gasteiger partial charge in [0.2, 0.25) is 6.79 Å². The van der Waals surface area contributed by atoms with Crippen LogP contribution >= 0.6 is 11.3 Å². The first kappa shape index (κ1) is 16.0. The van der Waals surface area contributed by atoms with Gasteiger partial charge in [-0.3, -0.25) is 9.59 Å². The van der Waals surface area contributed by atoms with Crippen LogP contribution in [0.1, 0.15) is 26.3 Å². The number of rotatable bonds is 5. The van der Waals surface area contributed by atoms with E-state index in [-0.39, 0.29) is 17.5 Å². The van der Waals surface area contributed by atoms with Gasteiger partial charge in [-0.25, -0.2) is 4.79 Å². The van der Waals surface area contributed by atoms with E-state index >= 15 is 0 Å². The Kier molecular flexibility index (Phi) is 4.48. The van der Waals surface area contributed by atoms with E-state index < -0.39 is 18.5 Å². The van der Waals surface area contributed by atoms with Crippen molar-refractivity contribution >= 4 is 34.7 Å². The minimum atomic E-state index is -0.645. The van der Waals surface area contributed by atoms with Crippen LogP contribution in [0.5, 0.6) is 11.5 Å². The maximum Gasteiger partial charge on any atom is 0.348 e. The Bertz CT molecular complexity index is 813. The van der Waals surface area contributed by atoms with E-state index in [1.165, 1.54) is 13.0 Å². The van der Waals surface area contributed by atoms with E-state index in [4.69, 9.17) is 14.2 Å². The van der Waals surface area contributed by atoms with E-state index in [0.29, 0.717) is 22.1 Å². The second-order valence-electron chi connectivity index (χ2n) is 4.91. The molecule has 0 fully saturated rings. The summed E-state index contributed by atoms with van der Waals surface area (Å²) in [5.41, 5.74) is 0.510. The van der Waals surface area contributed by atoms with Crippen LogP contribution in [0.2, 0.25) is 0 Å². The maximum atomic E-state index is 11.9. The standard InChI is InChI=1S/C16H13NO6S/c1-9(18)13-4-5-14(24-13)16(20)21-7-15(19)17-10-2-3-11-12(6-10)23-8-22-11/h2-6H,7-8H2,1H3,(H,17,19). The third-order valence-corrected chi connectivity index (χ3v) is 4.31. The molecule has 2 heterocycles. The van der Waals surface area contributed by atoms with Crippen LogP contribution in [0, 0.1) is 0 Å². The van der Waals surface area contributed by atoms with Crippen molar-refractivity contribution in [3.8, 4) is 11.5 Å². The van der Waals surface area contributed by atoms with Gasteiger partial charge in [-0.2, -0.15) is 0 Å². The smallest absolute Gasteiger partial charge is 0.348 e. The van der Waals surface area contributed by atoms with Crippen molar-refractivity contribution in [2.75, 3.05) is 18.7 Å². The van der Waals surface area contributed by atoms with Crippen LogP contribution in [-0.2, 0) is 9.53 Å². The molecule has 0 atom stereocenters. The number of hydrogen-bond donors (Lipinski definition) is 1. The summed E-state index contributed by atoms with van der Waals surface area (Å²) in [6.45, 7) is 1.13. The Morgan fingerprint density at radius 1 is 1.12 bits per heavy atom. The SMILES string of the molecule is CC(=O)c1ccc(C(=O)OCC(=O)Nc2ccc3c(c2)OCO3)s1. The molecule has 0 aliphatic carbocycles. The number of hydrogen-bond acceptors (Lipinski definition) is 7. The topological polar surface area (TPSA) is 90.9 Å². The molecule has 1 aliphatic rings. The first-order valence-corrected chi connectivity index (χ1v) is 7.82. The van der Waals surface area contributed by atoms with E-state index in [1.54, 1.807) is 24.3 Å². The van der Waals surface area contributed by atoms with Gasteiger partial charge >= 0.3 is 5.97 Å². The van der Waals surface area contributed by atoms with Gasteiger partial charge in [0.1, 0.15) is 4.88 Å². The van der Waals surface area contributed by atoms with Gasteiger partial charge in [0, 0.05) is 11.8 Å². The third-order valence-electron chi connectivity index (χ3n) is 3.14. The first-order valence-electron chi connectivity index (χ1n) is 7.00. The summed E-state index contributed by atoms with van der Waals surface area (Å²) in [6.07, 6.45) is 0. The summed E-state index contributed by atoms with van der Waals surface area (Å²) in [7, 11) is 0. The van der Waals surface area contributed by atoms with Crippen molar-refractivity contribution < 1.29 is 28.6 Å². The van der Waals surface area contributed by atoms with Gasteiger partial charge in [0.05, 0.1) is 4.88 Å². The zero-order chi connectivity index (χ0) is 17.1. The van der Waals surface area contributed by atoms with Crippen LogP contribution in [0.4, 0.5) is 5.69 Å². The van der Waals surface area contributed by atoms with Crippen LogP contribution in [0.25, 0.3) is 0 Å². The summed E-state index contributed by atoms with van der Waals surface area (Å²) < 4.78 is 15.3. The fraction of sp³-hybridized carbons (Fsp3) is 0.188. The van der Waals surface area contributed by atoms with Crippen molar-refractivity contribution in [1.29, 1.82) is 0 Å². The molecule has 1 aliphatic heterocycles. The highest BCUT2D eigenvalue weighted by Crippen LogP contribution is 2.34. The van der Waals surface area contributed by atoms with Gasteiger partial charge in [-0.05, 0) is 31.2 Å². The molecular formula is C16H13NO6S. The molecule has 3 rings (SSSR count). The highest BCUT2D eigenvalue weighted by Gasteiger charge is 2.16. The number of ether oxygens (including phenoxy) is 3. The van der Waals surface area contributed by atoms with Crippen molar-refractivity contribution in [3.05, 3.63) is 40.1 Å². The molecule has 0 spiro atoms. The molecule has 24 heavy (non-hydrogen) atoms. The number of esters is 1. The first-order chi connectivity index (χ1) is 11.5. The number of anilines is 1. The quantitative estimate of drug-likeness (QED) is 0.660. The number of nitrogens with one attached hydrogen (secondary N) is 1. The number of thiophene rings is 1. The molecule has 0 saturated carbocycles. The summed E-state index contributed by atoms with van der Waals surface area (Å²) >= 11 is 1.03. The van der Waals surface area contributed by atoms with Crippen LogP contribution in [0.15, 0.2) is 30.3 Å². The molecule has 8 heteroatoms. The predicted octanol–water partition coefficient (Wildman–Crippen LogP) is 2.47. The van der Waals surface area contributed by atoms with Crippen molar-refractivity contribution in [3.63, 3.8) is 0 Å². The monoisotopic (exact) mass is 347 g/mol. The lowest BCUT2D eigenvalue weighted by Gasteiger charge is -2.06.